The predicted molar refractivity (Wildman–Crippen MR) is 122 cm³/mol. The Morgan fingerprint density at radius 3 is 2.77 bits per heavy atom. The third-order valence-electron chi connectivity index (χ3n) is 5.31. The molecule has 1 saturated heterocycles. The van der Waals surface area contributed by atoms with Gasteiger partial charge in [-0.2, -0.15) is 0 Å². The van der Waals surface area contributed by atoms with Gasteiger partial charge < -0.3 is 15.0 Å². The highest BCUT2D eigenvalue weighted by molar-refractivity contribution is 7.98. The number of aryl methyl sites for hydroxylation is 1. The van der Waals surface area contributed by atoms with Gasteiger partial charge in [-0.25, -0.2) is 0 Å². The summed E-state index contributed by atoms with van der Waals surface area (Å²) in [5.41, 5.74) is 10.2. The van der Waals surface area contributed by atoms with E-state index in [-0.39, 0.29) is 12.1 Å². The third kappa shape index (κ3) is 5.43. The van der Waals surface area contributed by atoms with E-state index in [0.717, 1.165) is 53.3 Å². The second-order valence-electron chi connectivity index (χ2n) is 7.80. The fraction of sp³-hybridized carbons (Fsp3) is 0.391. The molecule has 2 heterocycles. The average Bonchev–Trinajstić information content (AvgIpc) is 3.39. The second kappa shape index (κ2) is 9.96. The first kappa shape index (κ1) is 21.4. The monoisotopic (exact) mass is 442 g/mol. The van der Waals surface area contributed by atoms with Crippen molar-refractivity contribution in [2.75, 3.05) is 6.61 Å². The summed E-state index contributed by atoms with van der Waals surface area (Å²) in [5.74, 6) is 1.66. The molecular formula is C23H27ClN4OS. The Morgan fingerprint density at radius 2 is 2.03 bits per heavy atom. The van der Waals surface area contributed by atoms with Crippen molar-refractivity contribution in [2.45, 2.75) is 55.8 Å². The summed E-state index contributed by atoms with van der Waals surface area (Å²) in [6.07, 6.45) is 3.04. The van der Waals surface area contributed by atoms with E-state index in [1.807, 2.05) is 24.3 Å². The number of rotatable bonds is 8. The lowest BCUT2D eigenvalue weighted by Gasteiger charge is -2.18. The fourth-order valence-electron chi connectivity index (χ4n) is 3.76. The van der Waals surface area contributed by atoms with Gasteiger partial charge in [-0.3, -0.25) is 0 Å². The Kier molecular flexibility index (Phi) is 7.10. The number of benzene rings is 2. The molecule has 158 valence electrons. The smallest absolute Gasteiger partial charge is 0.191 e. The minimum absolute atomic E-state index is 0.195. The molecule has 0 saturated carbocycles. The molecule has 1 aromatic heterocycles. The quantitative estimate of drug-likeness (QED) is 0.500. The van der Waals surface area contributed by atoms with E-state index in [1.54, 1.807) is 11.8 Å². The Hall–Kier alpha value is -1.86. The van der Waals surface area contributed by atoms with Crippen LogP contribution in [0.2, 0.25) is 5.02 Å². The Bertz CT molecular complexity index is 970. The van der Waals surface area contributed by atoms with Crippen LogP contribution in [0, 0.1) is 6.92 Å². The van der Waals surface area contributed by atoms with Gasteiger partial charge in [0, 0.05) is 17.4 Å². The molecule has 7 heteroatoms. The summed E-state index contributed by atoms with van der Waals surface area (Å²) >= 11 is 7.71. The maximum Gasteiger partial charge on any atom is 0.191 e. The molecular weight excluding hydrogens is 416 g/mol. The van der Waals surface area contributed by atoms with Crippen LogP contribution >= 0.6 is 23.4 Å². The topological polar surface area (TPSA) is 66.0 Å². The summed E-state index contributed by atoms with van der Waals surface area (Å²) in [4.78, 5) is 0. The van der Waals surface area contributed by atoms with Crippen molar-refractivity contribution in [2.24, 2.45) is 5.73 Å². The summed E-state index contributed by atoms with van der Waals surface area (Å²) in [6.45, 7) is 3.68. The zero-order valence-electron chi connectivity index (χ0n) is 17.1. The van der Waals surface area contributed by atoms with Gasteiger partial charge in [0.1, 0.15) is 0 Å². The number of ether oxygens (including phenoxy) is 1. The number of nitrogens with two attached hydrogens (primary N) is 1. The minimum Gasteiger partial charge on any atom is -0.376 e. The van der Waals surface area contributed by atoms with Gasteiger partial charge in [0.25, 0.3) is 0 Å². The van der Waals surface area contributed by atoms with Gasteiger partial charge >= 0.3 is 0 Å². The number of aromatic nitrogens is 3. The maximum absolute atomic E-state index is 6.57. The van der Waals surface area contributed by atoms with Crippen LogP contribution in [-0.4, -0.2) is 27.5 Å². The molecule has 2 unspecified atom stereocenters. The lowest BCUT2D eigenvalue weighted by molar-refractivity contribution is 0.0938. The van der Waals surface area contributed by atoms with E-state index in [1.165, 1.54) is 11.1 Å². The highest BCUT2D eigenvalue weighted by Crippen LogP contribution is 2.27. The highest BCUT2D eigenvalue weighted by atomic mass is 35.5. The van der Waals surface area contributed by atoms with E-state index in [2.05, 4.69) is 46.0 Å². The molecule has 0 amide bonds. The molecule has 4 rings (SSSR count). The van der Waals surface area contributed by atoms with Crippen LogP contribution in [0.5, 0.6) is 0 Å². The van der Waals surface area contributed by atoms with Crippen LogP contribution in [0.25, 0.3) is 0 Å². The molecule has 0 spiro atoms. The summed E-state index contributed by atoms with van der Waals surface area (Å²) in [7, 11) is 0. The first-order valence-corrected chi connectivity index (χ1v) is 11.7. The zero-order chi connectivity index (χ0) is 20.9. The SMILES string of the molecule is Cc1cccc(CSc2nnc(C(N)Cc3ccc(Cl)cc3)n2CC2CCCO2)c1. The van der Waals surface area contributed by atoms with E-state index in [9.17, 15) is 0 Å². The predicted octanol–water partition coefficient (Wildman–Crippen LogP) is 4.95. The Balaban J connectivity index is 1.53. The van der Waals surface area contributed by atoms with Crippen LogP contribution < -0.4 is 5.73 Å². The average molecular weight is 443 g/mol. The normalized spacial score (nSPS) is 17.4. The van der Waals surface area contributed by atoms with E-state index in [4.69, 9.17) is 22.1 Å². The van der Waals surface area contributed by atoms with Gasteiger partial charge in [0.05, 0.1) is 18.7 Å². The molecule has 2 N–H and O–H groups in total. The van der Waals surface area contributed by atoms with Gasteiger partial charge in [0.15, 0.2) is 11.0 Å². The minimum atomic E-state index is -0.242. The zero-order valence-corrected chi connectivity index (χ0v) is 18.7. The third-order valence-corrected chi connectivity index (χ3v) is 6.60. The lowest BCUT2D eigenvalue weighted by Crippen LogP contribution is -2.23. The summed E-state index contributed by atoms with van der Waals surface area (Å²) < 4.78 is 8.05. The van der Waals surface area contributed by atoms with Crippen molar-refractivity contribution in [1.29, 1.82) is 0 Å². The van der Waals surface area contributed by atoms with Crippen molar-refractivity contribution in [1.82, 2.24) is 14.8 Å². The van der Waals surface area contributed by atoms with Crippen molar-refractivity contribution >= 4 is 23.4 Å². The number of hydrogen-bond acceptors (Lipinski definition) is 5. The molecule has 2 atom stereocenters. The number of nitrogens with zero attached hydrogens (tertiary/aromatic N) is 3. The van der Waals surface area contributed by atoms with E-state index < -0.39 is 0 Å². The maximum atomic E-state index is 6.57. The molecule has 0 aliphatic carbocycles. The molecule has 2 aromatic carbocycles. The van der Waals surface area contributed by atoms with Crippen molar-refractivity contribution < 1.29 is 4.74 Å². The van der Waals surface area contributed by atoms with Crippen LogP contribution in [-0.2, 0) is 23.5 Å². The van der Waals surface area contributed by atoms with Gasteiger partial charge in [-0.15, -0.1) is 10.2 Å². The molecule has 1 aliphatic heterocycles. The Morgan fingerprint density at radius 1 is 1.20 bits per heavy atom. The van der Waals surface area contributed by atoms with Crippen LogP contribution in [0.15, 0.2) is 53.7 Å². The second-order valence-corrected chi connectivity index (χ2v) is 9.18. The van der Waals surface area contributed by atoms with E-state index >= 15 is 0 Å². The summed E-state index contributed by atoms with van der Waals surface area (Å²) in [5, 5.41) is 10.6. The molecule has 30 heavy (non-hydrogen) atoms. The Labute approximate surface area is 187 Å². The van der Waals surface area contributed by atoms with Crippen LogP contribution in [0.3, 0.4) is 0 Å². The fourth-order valence-corrected chi connectivity index (χ4v) is 4.78. The standard InChI is InChI=1S/C23H27ClN4OS/c1-16-4-2-5-18(12-16)15-30-23-27-26-22(28(23)14-20-6-3-11-29-20)21(25)13-17-7-9-19(24)10-8-17/h2,4-5,7-10,12,20-21H,3,6,11,13-15,25H2,1H3. The van der Waals surface area contributed by atoms with Gasteiger partial charge in [-0.1, -0.05) is 65.3 Å². The number of halogens is 1. The number of hydrogen-bond donors (Lipinski definition) is 1. The highest BCUT2D eigenvalue weighted by Gasteiger charge is 2.24. The van der Waals surface area contributed by atoms with Crippen molar-refractivity contribution in [3.63, 3.8) is 0 Å². The molecule has 0 bridgehead atoms. The van der Waals surface area contributed by atoms with E-state index in [0.29, 0.717) is 6.42 Å². The molecule has 1 aliphatic rings. The molecule has 3 aromatic rings. The lowest BCUT2D eigenvalue weighted by atomic mass is 10.1. The van der Waals surface area contributed by atoms with Gasteiger partial charge in [0.2, 0.25) is 0 Å². The van der Waals surface area contributed by atoms with Gasteiger partial charge in [-0.05, 0) is 49.4 Å². The molecule has 5 nitrogen and oxygen atoms in total. The first-order chi connectivity index (χ1) is 14.6. The summed E-state index contributed by atoms with van der Waals surface area (Å²) in [6, 6.07) is 16.1. The first-order valence-electron chi connectivity index (χ1n) is 10.3. The molecule has 1 fully saturated rings. The van der Waals surface area contributed by atoms with Crippen molar-refractivity contribution in [3.8, 4) is 0 Å². The van der Waals surface area contributed by atoms with Crippen LogP contribution in [0.1, 0.15) is 41.4 Å². The largest absolute Gasteiger partial charge is 0.376 e. The molecule has 0 radical (unpaired) electrons. The van der Waals surface area contributed by atoms with Crippen molar-refractivity contribution in [3.05, 3.63) is 76.1 Å². The number of thioether (sulfide) groups is 1. The van der Waals surface area contributed by atoms with Crippen LogP contribution in [0.4, 0.5) is 0 Å².